The van der Waals surface area contributed by atoms with Crippen molar-refractivity contribution in [2.24, 2.45) is 0 Å². The maximum atomic E-state index is 13.1. The molecule has 1 atom stereocenters. The molecule has 4 nitrogen and oxygen atoms in total. The molecule has 2 amide bonds. The lowest BCUT2D eigenvalue weighted by Crippen LogP contribution is -2.52. The van der Waals surface area contributed by atoms with E-state index in [1.165, 1.54) is 0 Å². The SMILES string of the molecule is Cc1cccc(CC(=O)N(Cc2ccccc2)[C@H](C)C(=O)NC(C)(C)C)c1. The predicted molar refractivity (Wildman–Crippen MR) is 109 cm³/mol. The zero-order valence-corrected chi connectivity index (χ0v) is 17.0. The third-order valence-corrected chi connectivity index (χ3v) is 4.30. The van der Waals surface area contributed by atoms with E-state index in [2.05, 4.69) is 5.32 Å². The quantitative estimate of drug-likeness (QED) is 0.844. The minimum atomic E-state index is -0.554. The van der Waals surface area contributed by atoms with Gasteiger partial charge in [0.25, 0.3) is 0 Å². The fourth-order valence-electron chi connectivity index (χ4n) is 2.94. The van der Waals surface area contributed by atoms with Crippen molar-refractivity contribution in [1.82, 2.24) is 10.2 Å². The number of hydrogen-bond acceptors (Lipinski definition) is 2. The number of benzene rings is 2. The third-order valence-electron chi connectivity index (χ3n) is 4.30. The molecular formula is C23H30N2O2. The minimum Gasteiger partial charge on any atom is -0.350 e. The summed E-state index contributed by atoms with van der Waals surface area (Å²) in [6.45, 7) is 10.0. The summed E-state index contributed by atoms with van der Waals surface area (Å²) in [4.78, 5) is 27.4. The van der Waals surface area contributed by atoms with Gasteiger partial charge in [-0.15, -0.1) is 0 Å². The first kappa shape index (κ1) is 20.7. The first-order chi connectivity index (χ1) is 12.7. The topological polar surface area (TPSA) is 49.4 Å². The maximum Gasteiger partial charge on any atom is 0.242 e. The Bertz CT molecular complexity index is 778. The fourth-order valence-corrected chi connectivity index (χ4v) is 2.94. The van der Waals surface area contributed by atoms with Crippen LogP contribution in [0.5, 0.6) is 0 Å². The molecule has 27 heavy (non-hydrogen) atoms. The largest absolute Gasteiger partial charge is 0.350 e. The molecule has 144 valence electrons. The molecular weight excluding hydrogens is 336 g/mol. The molecule has 2 rings (SSSR count). The van der Waals surface area contributed by atoms with Crippen LogP contribution in [0.1, 0.15) is 44.4 Å². The molecule has 2 aromatic carbocycles. The van der Waals surface area contributed by atoms with Crippen LogP contribution in [0.25, 0.3) is 0 Å². The molecule has 0 aliphatic heterocycles. The Morgan fingerprint density at radius 2 is 1.63 bits per heavy atom. The van der Waals surface area contributed by atoms with Crippen molar-refractivity contribution in [2.45, 2.75) is 59.2 Å². The molecule has 0 heterocycles. The van der Waals surface area contributed by atoms with E-state index >= 15 is 0 Å². The van der Waals surface area contributed by atoms with Crippen LogP contribution in [-0.4, -0.2) is 28.3 Å². The first-order valence-corrected chi connectivity index (χ1v) is 9.37. The van der Waals surface area contributed by atoms with E-state index in [1.54, 1.807) is 11.8 Å². The average molecular weight is 367 g/mol. The van der Waals surface area contributed by atoms with Crippen LogP contribution in [0.4, 0.5) is 0 Å². The standard InChI is InChI=1S/C23H30N2O2/c1-17-10-9-13-20(14-17)15-21(26)25(16-19-11-7-6-8-12-19)18(2)22(27)24-23(3,4)5/h6-14,18H,15-16H2,1-5H3,(H,24,27)/t18-/m1/s1. The van der Waals surface area contributed by atoms with E-state index in [-0.39, 0.29) is 23.8 Å². The summed E-state index contributed by atoms with van der Waals surface area (Å²) < 4.78 is 0. The van der Waals surface area contributed by atoms with E-state index in [1.807, 2.05) is 82.3 Å². The average Bonchev–Trinajstić information content (AvgIpc) is 2.58. The lowest BCUT2D eigenvalue weighted by atomic mass is 10.1. The van der Waals surface area contributed by atoms with Crippen LogP contribution in [0.15, 0.2) is 54.6 Å². The molecule has 0 spiro atoms. The number of nitrogens with zero attached hydrogens (tertiary/aromatic N) is 1. The molecule has 0 bridgehead atoms. The first-order valence-electron chi connectivity index (χ1n) is 9.37. The van der Waals surface area contributed by atoms with Crippen molar-refractivity contribution < 1.29 is 9.59 Å². The Labute approximate surface area is 162 Å². The summed E-state index contributed by atoms with van der Waals surface area (Å²) in [5.74, 6) is -0.197. The van der Waals surface area contributed by atoms with Crippen molar-refractivity contribution in [1.29, 1.82) is 0 Å². The van der Waals surface area contributed by atoms with Gasteiger partial charge in [0.2, 0.25) is 11.8 Å². The number of carbonyl (C=O) groups is 2. The highest BCUT2D eigenvalue weighted by Gasteiger charge is 2.28. The Hall–Kier alpha value is -2.62. The second-order valence-electron chi connectivity index (χ2n) is 8.09. The normalized spacial score (nSPS) is 12.3. The lowest BCUT2D eigenvalue weighted by molar-refractivity contribution is -0.140. The Balaban J connectivity index is 2.22. The number of amides is 2. The molecule has 4 heteroatoms. The van der Waals surface area contributed by atoms with Crippen molar-refractivity contribution in [3.63, 3.8) is 0 Å². The monoisotopic (exact) mass is 366 g/mol. The van der Waals surface area contributed by atoms with Gasteiger partial charge in [-0.1, -0.05) is 60.2 Å². The molecule has 0 saturated heterocycles. The number of hydrogen-bond donors (Lipinski definition) is 1. The molecule has 0 aromatic heterocycles. The van der Waals surface area contributed by atoms with E-state index < -0.39 is 6.04 Å². The maximum absolute atomic E-state index is 13.1. The fraction of sp³-hybridized carbons (Fsp3) is 0.391. The van der Waals surface area contributed by atoms with Gasteiger partial charge in [-0.2, -0.15) is 0 Å². The van der Waals surface area contributed by atoms with E-state index in [0.29, 0.717) is 6.54 Å². The van der Waals surface area contributed by atoms with Crippen LogP contribution < -0.4 is 5.32 Å². The highest BCUT2D eigenvalue weighted by Crippen LogP contribution is 2.14. The van der Waals surface area contributed by atoms with E-state index in [0.717, 1.165) is 16.7 Å². The van der Waals surface area contributed by atoms with Crippen LogP contribution >= 0.6 is 0 Å². The van der Waals surface area contributed by atoms with Crippen LogP contribution in [0, 0.1) is 6.92 Å². The second-order valence-corrected chi connectivity index (χ2v) is 8.09. The summed E-state index contributed by atoms with van der Waals surface area (Å²) in [6, 6.07) is 17.1. The van der Waals surface area contributed by atoms with Crippen molar-refractivity contribution in [3.05, 3.63) is 71.3 Å². The smallest absolute Gasteiger partial charge is 0.242 e. The van der Waals surface area contributed by atoms with Gasteiger partial charge in [-0.3, -0.25) is 9.59 Å². The number of nitrogens with one attached hydrogen (secondary N) is 1. The summed E-state index contributed by atoms with van der Waals surface area (Å²) in [5, 5.41) is 2.98. The zero-order chi connectivity index (χ0) is 20.0. The number of rotatable bonds is 6. The van der Waals surface area contributed by atoms with Gasteiger partial charge >= 0.3 is 0 Å². The third kappa shape index (κ3) is 6.55. The zero-order valence-electron chi connectivity index (χ0n) is 17.0. The molecule has 0 saturated carbocycles. The van der Waals surface area contributed by atoms with Gasteiger partial charge in [0, 0.05) is 12.1 Å². The molecule has 0 fully saturated rings. The molecule has 1 N–H and O–H groups in total. The molecule has 0 aliphatic rings. The van der Waals surface area contributed by atoms with Gasteiger partial charge < -0.3 is 10.2 Å². The summed E-state index contributed by atoms with van der Waals surface area (Å²) >= 11 is 0. The number of aryl methyl sites for hydroxylation is 1. The predicted octanol–water partition coefficient (Wildman–Crippen LogP) is 3.87. The van der Waals surface area contributed by atoms with Crippen LogP contribution in [-0.2, 0) is 22.6 Å². The van der Waals surface area contributed by atoms with Crippen LogP contribution in [0.2, 0.25) is 0 Å². The molecule has 0 unspecified atom stereocenters. The Morgan fingerprint density at radius 1 is 1.00 bits per heavy atom. The summed E-state index contributed by atoms with van der Waals surface area (Å²) in [6.07, 6.45) is 0.279. The summed E-state index contributed by atoms with van der Waals surface area (Å²) in [5.41, 5.74) is 2.74. The van der Waals surface area contributed by atoms with Gasteiger partial charge in [-0.25, -0.2) is 0 Å². The highest BCUT2D eigenvalue weighted by atomic mass is 16.2. The van der Waals surface area contributed by atoms with E-state index in [9.17, 15) is 9.59 Å². The van der Waals surface area contributed by atoms with Crippen molar-refractivity contribution in [3.8, 4) is 0 Å². The van der Waals surface area contributed by atoms with Gasteiger partial charge in [0.1, 0.15) is 6.04 Å². The molecule has 2 aromatic rings. The van der Waals surface area contributed by atoms with Crippen molar-refractivity contribution >= 4 is 11.8 Å². The van der Waals surface area contributed by atoms with Gasteiger partial charge in [-0.05, 0) is 45.7 Å². The molecule has 0 aliphatic carbocycles. The molecule has 0 radical (unpaired) electrons. The Kier molecular flexibility index (Phi) is 6.78. The second kappa shape index (κ2) is 8.85. The Morgan fingerprint density at radius 3 is 2.22 bits per heavy atom. The van der Waals surface area contributed by atoms with Crippen LogP contribution in [0.3, 0.4) is 0 Å². The van der Waals surface area contributed by atoms with Gasteiger partial charge in [0.15, 0.2) is 0 Å². The van der Waals surface area contributed by atoms with Gasteiger partial charge in [0.05, 0.1) is 6.42 Å². The van der Waals surface area contributed by atoms with Crippen molar-refractivity contribution in [2.75, 3.05) is 0 Å². The van der Waals surface area contributed by atoms with E-state index in [4.69, 9.17) is 0 Å². The minimum absolute atomic E-state index is 0.0546. The number of carbonyl (C=O) groups excluding carboxylic acids is 2. The highest BCUT2D eigenvalue weighted by molar-refractivity contribution is 5.88. The lowest BCUT2D eigenvalue weighted by Gasteiger charge is -2.31. The summed E-state index contributed by atoms with van der Waals surface area (Å²) in [7, 11) is 0.